The summed E-state index contributed by atoms with van der Waals surface area (Å²) >= 11 is 4.51. The Kier molecular flexibility index (Phi) is 4.37. The molecule has 0 radical (unpaired) electrons. The maximum atomic E-state index is 13.8. The largest absolute Gasteiger partial charge is 0.389 e. The molecule has 1 N–H and O–H groups in total. The molecule has 94 valence electrons. The molecule has 0 fully saturated rings. The zero-order valence-electron chi connectivity index (χ0n) is 9.60. The van der Waals surface area contributed by atoms with E-state index in [1.54, 1.807) is 31.3 Å². The van der Waals surface area contributed by atoms with E-state index < -0.39 is 6.10 Å². The summed E-state index contributed by atoms with van der Waals surface area (Å²) in [4.78, 5) is 4.60. The van der Waals surface area contributed by atoms with Gasteiger partial charge in [0, 0.05) is 10.7 Å². The lowest BCUT2D eigenvalue weighted by molar-refractivity contribution is 0.195. The summed E-state index contributed by atoms with van der Waals surface area (Å²) in [7, 11) is 0. The van der Waals surface area contributed by atoms with E-state index in [9.17, 15) is 9.50 Å². The van der Waals surface area contributed by atoms with Gasteiger partial charge in [0.1, 0.15) is 10.8 Å². The van der Waals surface area contributed by atoms with E-state index in [1.165, 1.54) is 17.8 Å². The quantitative estimate of drug-likeness (QED) is 0.917. The average molecular weight is 328 g/mol. The van der Waals surface area contributed by atoms with Crippen LogP contribution < -0.4 is 0 Å². The first-order valence-electron chi connectivity index (χ1n) is 5.34. The standard InChI is InChI=1S/C13H11BrFNOS/c1-8(17)10-3-2-4-11(15)13(10)18-12-6-5-9(14)7-16-12/h2-8,17H,1H3/t8-/m0/s1. The summed E-state index contributed by atoms with van der Waals surface area (Å²) in [5, 5.41) is 10.3. The maximum Gasteiger partial charge on any atom is 0.137 e. The van der Waals surface area contributed by atoms with Crippen molar-refractivity contribution in [3.63, 3.8) is 0 Å². The Balaban J connectivity index is 2.36. The molecule has 1 atom stereocenters. The summed E-state index contributed by atoms with van der Waals surface area (Å²) in [5.41, 5.74) is 0.574. The number of halogens is 2. The van der Waals surface area contributed by atoms with Gasteiger partial charge in [0.05, 0.1) is 11.0 Å². The van der Waals surface area contributed by atoms with Gasteiger partial charge in [-0.3, -0.25) is 0 Å². The van der Waals surface area contributed by atoms with Crippen LogP contribution in [0.15, 0.2) is 50.9 Å². The molecule has 0 aliphatic carbocycles. The molecule has 1 aromatic carbocycles. The Morgan fingerprint density at radius 2 is 2.11 bits per heavy atom. The molecule has 0 aliphatic rings. The topological polar surface area (TPSA) is 33.1 Å². The fourth-order valence-corrected chi connectivity index (χ4v) is 2.70. The van der Waals surface area contributed by atoms with Gasteiger partial charge < -0.3 is 5.11 Å². The van der Waals surface area contributed by atoms with Gasteiger partial charge in [-0.05, 0) is 46.6 Å². The molecule has 2 rings (SSSR count). The molecular weight excluding hydrogens is 317 g/mol. The Morgan fingerprint density at radius 3 is 2.72 bits per heavy atom. The summed E-state index contributed by atoms with van der Waals surface area (Å²) < 4.78 is 14.7. The summed E-state index contributed by atoms with van der Waals surface area (Å²) in [6.45, 7) is 1.62. The van der Waals surface area contributed by atoms with Crippen LogP contribution in [0.5, 0.6) is 0 Å². The van der Waals surface area contributed by atoms with Crippen LogP contribution in [0.3, 0.4) is 0 Å². The van der Waals surface area contributed by atoms with Crippen molar-refractivity contribution in [2.75, 3.05) is 0 Å². The number of hydrogen-bond donors (Lipinski definition) is 1. The van der Waals surface area contributed by atoms with Crippen molar-refractivity contribution in [1.82, 2.24) is 4.98 Å². The van der Waals surface area contributed by atoms with Gasteiger partial charge >= 0.3 is 0 Å². The number of aliphatic hydroxyl groups is 1. The minimum Gasteiger partial charge on any atom is -0.389 e. The lowest BCUT2D eigenvalue weighted by atomic mass is 10.1. The fourth-order valence-electron chi connectivity index (χ4n) is 1.49. The van der Waals surface area contributed by atoms with Crippen LogP contribution in [0.2, 0.25) is 0 Å². The third-order valence-corrected chi connectivity index (χ3v) is 3.91. The van der Waals surface area contributed by atoms with Gasteiger partial charge in [-0.2, -0.15) is 0 Å². The highest BCUT2D eigenvalue weighted by Gasteiger charge is 2.14. The van der Waals surface area contributed by atoms with Crippen LogP contribution >= 0.6 is 27.7 Å². The Labute approximate surface area is 117 Å². The van der Waals surface area contributed by atoms with Crippen molar-refractivity contribution in [3.05, 3.63) is 52.4 Å². The van der Waals surface area contributed by atoms with Gasteiger partial charge in [0.15, 0.2) is 0 Å². The van der Waals surface area contributed by atoms with E-state index in [4.69, 9.17) is 0 Å². The number of nitrogens with zero attached hydrogens (tertiary/aromatic N) is 1. The second kappa shape index (κ2) is 5.82. The van der Waals surface area contributed by atoms with E-state index in [-0.39, 0.29) is 5.82 Å². The second-order valence-corrected chi connectivity index (χ2v) is 5.70. The molecule has 2 aromatic rings. The first kappa shape index (κ1) is 13.5. The third-order valence-electron chi connectivity index (χ3n) is 2.35. The SMILES string of the molecule is C[C@H](O)c1cccc(F)c1Sc1ccc(Br)cn1. The molecule has 0 unspecified atom stereocenters. The Morgan fingerprint density at radius 1 is 1.33 bits per heavy atom. The number of hydrogen-bond acceptors (Lipinski definition) is 3. The van der Waals surface area contributed by atoms with Gasteiger partial charge in [-0.15, -0.1) is 0 Å². The molecule has 1 aromatic heterocycles. The van der Waals surface area contributed by atoms with Crippen molar-refractivity contribution in [3.8, 4) is 0 Å². The van der Waals surface area contributed by atoms with Crippen LogP contribution in [0.1, 0.15) is 18.6 Å². The molecule has 0 saturated heterocycles. The van der Waals surface area contributed by atoms with Gasteiger partial charge in [0.25, 0.3) is 0 Å². The number of benzene rings is 1. The first-order chi connectivity index (χ1) is 8.58. The molecule has 0 spiro atoms. The van der Waals surface area contributed by atoms with Crippen molar-refractivity contribution in [1.29, 1.82) is 0 Å². The molecule has 1 heterocycles. The van der Waals surface area contributed by atoms with Crippen LogP contribution in [-0.2, 0) is 0 Å². The Bertz CT molecular complexity index is 545. The van der Waals surface area contributed by atoms with E-state index in [0.29, 0.717) is 15.5 Å². The van der Waals surface area contributed by atoms with Crippen LogP contribution in [0, 0.1) is 5.82 Å². The highest BCUT2D eigenvalue weighted by molar-refractivity contribution is 9.10. The monoisotopic (exact) mass is 327 g/mol. The van der Waals surface area contributed by atoms with Crippen LogP contribution in [0.4, 0.5) is 4.39 Å². The van der Waals surface area contributed by atoms with E-state index in [1.807, 2.05) is 6.07 Å². The van der Waals surface area contributed by atoms with Crippen molar-refractivity contribution in [2.45, 2.75) is 22.9 Å². The molecule has 18 heavy (non-hydrogen) atoms. The van der Waals surface area contributed by atoms with E-state index in [0.717, 1.165) is 4.47 Å². The molecule has 0 saturated carbocycles. The Hall–Kier alpha value is -0.910. The summed E-state index contributed by atoms with van der Waals surface area (Å²) in [6.07, 6.45) is 0.948. The van der Waals surface area contributed by atoms with E-state index in [2.05, 4.69) is 20.9 Å². The minimum atomic E-state index is -0.710. The van der Waals surface area contributed by atoms with Gasteiger partial charge in [-0.25, -0.2) is 9.37 Å². The highest BCUT2D eigenvalue weighted by atomic mass is 79.9. The van der Waals surface area contributed by atoms with Gasteiger partial charge in [0.2, 0.25) is 0 Å². The van der Waals surface area contributed by atoms with Crippen molar-refractivity contribution < 1.29 is 9.50 Å². The second-order valence-electron chi connectivity index (χ2n) is 3.75. The van der Waals surface area contributed by atoms with Crippen LogP contribution in [0.25, 0.3) is 0 Å². The number of aromatic nitrogens is 1. The van der Waals surface area contributed by atoms with Crippen molar-refractivity contribution >= 4 is 27.7 Å². The normalized spacial score (nSPS) is 12.4. The summed E-state index contributed by atoms with van der Waals surface area (Å²) in [5.74, 6) is -0.344. The van der Waals surface area contributed by atoms with Crippen LogP contribution in [-0.4, -0.2) is 10.1 Å². The third kappa shape index (κ3) is 3.10. The highest BCUT2D eigenvalue weighted by Crippen LogP contribution is 2.34. The number of pyridine rings is 1. The predicted octanol–water partition coefficient (Wildman–Crippen LogP) is 4.19. The molecule has 0 bridgehead atoms. The predicted molar refractivity (Wildman–Crippen MR) is 73.1 cm³/mol. The molecular formula is C13H11BrFNOS. The fraction of sp³-hybridized carbons (Fsp3) is 0.154. The molecule has 2 nitrogen and oxygen atoms in total. The lowest BCUT2D eigenvalue weighted by Gasteiger charge is -2.11. The lowest BCUT2D eigenvalue weighted by Crippen LogP contribution is -1.96. The smallest absolute Gasteiger partial charge is 0.137 e. The van der Waals surface area contributed by atoms with Gasteiger partial charge in [-0.1, -0.05) is 23.9 Å². The molecule has 0 amide bonds. The average Bonchev–Trinajstić information content (AvgIpc) is 2.34. The minimum absolute atomic E-state index is 0.344. The zero-order valence-corrected chi connectivity index (χ0v) is 12.0. The maximum absolute atomic E-state index is 13.8. The number of rotatable bonds is 3. The first-order valence-corrected chi connectivity index (χ1v) is 6.95. The zero-order chi connectivity index (χ0) is 13.1. The number of aliphatic hydroxyl groups excluding tert-OH is 1. The molecule has 0 aliphatic heterocycles. The van der Waals surface area contributed by atoms with E-state index >= 15 is 0 Å². The molecule has 5 heteroatoms. The van der Waals surface area contributed by atoms with Crippen molar-refractivity contribution in [2.24, 2.45) is 0 Å². The summed E-state index contributed by atoms with van der Waals surface area (Å²) in [6, 6.07) is 8.34.